The van der Waals surface area contributed by atoms with E-state index in [0.29, 0.717) is 0 Å². The van der Waals surface area contributed by atoms with Gasteiger partial charge in [0.1, 0.15) is 0 Å². The van der Waals surface area contributed by atoms with Crippen molar-refractivity contribution in [3.8, 4) is 0 Å². The van der Waals surface area contributed by atoms with Crippen molar-refractivity contribution < 1.29 is 0 Å². The third-order valence-electron chi connectivity index (χ3n) is 2.71. The number of nitrogens with one attached hydrogen (secondary N) is 1. The molecule has 1 aromatic rings. The molecule has 0 saturated carbocycles. The number of hydrogen-bond acceptors (Lipinski definition) is 2. The number of allylic oxidation sites excluding steroid dienone is 1. The van der Waals surface area contributed by atoms with E-state index in [-0.39, 0.29) is 5.54 Å². The molecular weight excluding hydrogens is 246 g/mol. The fourth-order valence-electron chi connectivity index (χ4n) is 1.75. The Labute approximate surface area is 115 Å². The van der Waals surface area contributed by atoms with Crippen LogP contribution < -0.4 is 5.32 Å². The topological polar surface area (TPSA) is 29.9 Å². The Morgan fingerprint density at radius 3 is 2.50 bits per heavy atom. The molecule has 0 aliphatic carbocycles. The zero-order chi connectivity index (χ0) is 13.8. The van der Waals surface area contributed by atoms with E-state index in [1.54, 1.807) is 0 Å². The maximum absolute atomic E-state index is 6.18. The Morgan fingerprint density at radius 2 is 2.00 bits per heavy atom. The molecule has 0 aliphatic heterocycles. The highest BCUT2D eigenvalue weighted by Gasteiger charge is 2.09. The van der Waals surface area contributed by atoms with Gasteiger partial charge < -0.3 is 5.32 Å². The molecule has 0 unspecified atom stereocenters. The molecule has 0 fully saturated rings. The number of halogens is 1. The highest BCUT2D eigenvalue weighted by molar-refractivity contribution is 6.31. The van der Waals surface area contributed by atoms with Crippen molar-refractivity contribution in [2.24, 2.45) is 7.05 Å². The molecule has 0 saturated heterocycles. The van der Waals surface area contributed by atoms with E-state index in [1.165, 1.54) is 0 Å². The van der Waals surface area contributed by atoms with Crippen LogP contribution in [-0.4, -0.2) is 21.9 Å². The van der Waals surface area contributed by atoms with E-state index < -0.39 is 0 Å². The zero-order valence-corrected chi connectivity index (χ0v) is 12.8. The van der Waals surface area contributed by atoms with Crippen molar-refractivity contribution in [2.75, 3.05) is 6.54 Å². The molecule has 0 aromatic carbocycles. The molecule has 1 heterocycles. The van der Waals surface area contributed by atoms with Gasteiger partial charge in [0.05, 0.1) is 16.4 Å². The summed E-state index contributed by atoms with van der Waals surface area (Å²) < 4.78 is 1.86. The summed E-state index contributed by atoms with van der Waals surface area (Å²) in [5, 5.41) is 8.54. The molecule has 0 aliphatic rings. The first-order valence-electron chi connectivity index (χ1n) is 6.39. The fraction of sp³-hybridized carbons (Fsp3) is 0.643. The van der Waals surface area contributed by atoms with Gasteiger partial charge in [-0.1, -0.05) is 23.8 Å². The largest absolute Gasteiger partial charge is 0.312 e. The number of aromatic nitrogens is 2. The number of nitrogens with zero attached hydrogens (tertiary/aromatic N) is 2. The maximum Gasteiger partial charge on any atom is 0.0850 e. The molecule has 0 amide bonds. The second-order valence-corrected chi connectivity index (χ2v) is 5.99. The van der Waals surface area contributed by atoms with E-state index in [2.05, 4.69) is 43.3 Å². The normalized spacial score (nSPS) is 12.6. The van der Waals surface area contributed by atoms with Crippen LogP contribution >= 0.6 is 11.6 Å². The summed E-state index contributed by atoms with van der Waals surface area (Å²) in [6.45, 7) is 9.46. The van der Waals surface area contributed by atoms with Crippen LogP contribution in [0.5, 0.6) is 0 Å². The minimum Gasteiger partial charge on any atom is -0.312 e. The maximum atomic E-state index is 6.18. The van der Waals surface area contributed by atoms with E-state index in [4.69, 9.17) is 11.6 Å². The molecule has 0 radical (unpaired) electrons. The molecule has 0 spiro atoms. The second-order valence-electron chi connectivity index (χ2n) is 5.61. The summed E-state index contributed by atoms with van der Waals surface area (Å²) in [7, 11) is 1.93. The Balaban J connectivity index is 2.37. The Kier molecular flexibility index (Phi) is 5.42. The van der Waals surface area contributed by atoms with Gasteiger partial charge in [0.15, 0.2) is 0 Å². The van der Waals surface area contributed by atoms with Crippen molar-refractivity contribution in [2.45, 2.75) is 46.1 Å². The number of hydrogen-bond donors (Lipinski definition) is 1. The van der Waals surface area contributed by atoms with Gasteiger partial charge in [-0.15, -0.1) is 0 Å². The third kappa shape index (κ3) is 4.83. The predicted molar refractivity (Wildman–Crippen MR) is 78.2 cm³/mol. The van der Waals surface area contributed by atoms with Gasteiger partial charge in [-0.2, -0.15) is 5.10 Å². The van der Waals surface area contributed by atoms with Gasteiger partial charge >= 0.3 is 0 Å². The van der Waals surface area contributed by atoms with Crippen molar-refractivity contribution in [3.05, 3.63) is 28.6 Å². The van der Waals surface area contributed by atoms with Gasteiger partial charge in [-0.25, -0.2) is 0 Å². The average molecular weight is 270 g/mol. The summed E-state index contributed by atoms with van der Waals surface area (Å²) in [5.74, 6) is 0. The van der Waals surface area contributed by atoms with Crippen LogP contribution in [0.1, 0.15) is 38.6 Å². The third-order valence-corrected chi connectivity index (χ3v) is 3.20. The highest BCUT2D eigenvalue weighted by Crippen LogP contribution is 2.19. The molecular formula is C14H24ClN3. The van der Waals surface area contributed by atoms with Gasteiger partial charge in [0.2, 0.25) is 0 Å². The van der Waals surface area contributed by atoms with Gasteiger partial charge in [0.25, 0.3) is 0 Å². The molecule has 4 heteroatoms. The van der Waals surface area contributed by atoms with Gasteiger partial charge in [-0.3, -0.25) is 4.68 Å². The molecule has 1 rings (SSSR count). The standard InChI is InChI=1S/C14H24ClN3/c1-11-13(15)12(18(5)17-11)9-7-6-8-10-16-14(2,3)4/h6-7,16H,8-10H2,1-5H3. The van der Waals surface area contributed by atoms with Gasteiger partial charge in [0, 0.05) is 19.0 Å². The van der Waals surface area contributed by atoms with Crippen LogP contribution in [0.4, 0.5) is 0 Å². The average Bonchev–Trinajstić information content (AvgIpc) is 2.47. The van der Waals surface area contributed by atoms with Crippen LogP contribution in [0.25, 0.3) is 0 Å². The van der Waals surface area contributed by atoms with Crippen LogP contribution in [0.3, 0.4) is 0 Å². The fourth-order valence-corrected chi connectivity index (χ4v) is 1.98. The molecule has 0 bridgehead atoms. The van der Waals surface area contributed by atoms with Crippen LogP contribution in [0, 0.1) is 6.92 Å². The van der Waals surface area contributed by atoms with E-state index in [1.807, 2.05) is 18.7 Å². The van der Waals surface area contributed by atoms with Gasteiger partial charge in [-0.05, 0) is 40.7 Å². The first-order valence-corrected chi connectivity index (χ1v) is 6.77. The lowest BCUT2D eigenvalue weighted by molar-refractivity contribution is 0.431. The number of aryl methyl sites for hydroxylation is 2. The summed E-state index contributed by atoms with van der Waals surface area (Å²) in [5.41, 5.74) is 2.17. The van der Waals surface area contributed by atoms with Crippen molar-refractivity contribution in [3.63, 3.8) is 0 Å². The smallest absolute Gasteiger partial charge is 0.0850 e. The summed E-state index contributed by atoms with van der Waals surface area (Å²) >= 11 is 6.18. The summed E-state index contributed by atoms with van der Waals surface area (Å²) in [6, 6.07) is 0. The van der Waals surface area contributed by atoms with Crippen LogP contribution in [0.15, 0.2) is 12.2 Å². The van der Waals surface area contributed by atoms with E-state index in [9.17, 15) is 0 Å². The first-order chi connectivity index (χ1) is 8.31. The Morgan fingerprint density at radius 1 is 1.33 bits per heavy atom. The lowest BCUT2D eigenvalue weighted by Gasteiger charge is -2.19. The first kappa shape index (κ1) is 15.3. The Hall–Kier alpha value is -0.800. The zero-order valence-electron chi connectivity index (χ0n) is 12.0. The SMILES string of the molecule is Cc1nn(C)c(CC=CCCNC(C)(C)C)c1Cl. The second kappa shape index (κ2) is 6.39. The molecule has 18 heavy (non-hydrogen) atoms. The van der Waals surface area contributed by atoms with Crippen LogP contribution in [-0.2, 0) is 13.5 Å². The van der Waals surface area contributed by atoms with E-state index >= 15 is 0 Å². The molecule has 1 N–H and O–H groups in total. The van der Waals surface area contributed by atoms with Crippen molar-refractivity contribution >= 4 is 11.6 Å². The molecule has 1 aromatic heterocycles. The lowest BCUT2D eigenvalue weighted by atomic mass is 10.1. The van der Waals surface area contributed by atoms with Crippen molar-refractivity contribution in [1.29, 1.82) is 0 Å². The Bertz CT molecular complexity index is 413. The van der Waals surface area contributed by atoms with Crippen molar-refractivity contribution in [1.82, 2.24) is 15.1 Å². The lowest BCUT2D eigenvalue weighted by Crippen LogP contribution is -2.36. The quantitative estimate of drug-likeness (QED) is 0.657. The van der Waals surface area contributed by atoms with E-state index in [0.717, 1.165) is 35.8 Å². The molecule has 0 atom stereocenters. The number of rotatable bonds is 5. The monoisotopic (exact) mass is 269 g/mol. The minimum absolute atomic E-state index is 0.191. The predicted octanol–water partition coefficient (Wildman–Crippen LogP) is 3.26. The molecule has 3 nitrogen and oxygen atoms in total. The van der Waals surface area contributed by atoms with Crippen LogP contribution in [0.2, 0.25) is 5.02 Å². The summed E-state index contributed by atoms with van der Waals surface area (Å²) in [6.07, 6.45) is 6.22. The summed E-state index contributed by atoms with van der Waals surface area (Å²) in [4.78, 5) is 0. The molecule has 102 valence electrons. The highest BCUT2D eigenvalue weighted by atomic mass is 35.5. The minimum atomic E-state index is 0.191.